The number of halogens is 3. The van der Waals surface area contributed by atoms with Gasteiger partial charge < -0.3 is 5.73 Å². The second kappa shape index (κ2) is 5.38. The van der Waals surface area contributed by atoms with Gasteiger partial charge >= 0.3 is 6.18 Å². The summed E-state index contributed by atoms with van der Waals surface area (Å²) < 4.78 is 63.6. The molecule has 8 heteroatoms. The molecule has 0 amide bonds. The number of nitrogens with two attached hydrogens (primary N) is 1. The third-order valence-corrected chi connectivity index (χ3v) is 4.44. The van der Waals surface area contributed by atoms with Crippen LogP contribution in [0.3, 0.4) is 0 Å². The number of rotatable bonds is 4. The zero-order chi connectivity index (χ0) is 14.8. The molecule has 0 saturated heterocycles. The van der Waals surface area contributed by atoms with Gasteiger partial charge in [-0.25, -0.2) is 8.42 Å². The van der Waals surface area contributed by atoms with Crippen LogP contribution in [-0.4, -0.2) is 20.2 Å². The number of anilines is 1. The standard InChI is InChI=1S/C11H15F3N2O2S/c1-7-3-4-9(5-10(7)11(12,13)14)16-19(17,18)8(2)6-15/h3-5,8,16H,6,15H2,1-2H3. The Morgan fingerprint density at radius 3 is 2.42 bits per heavy atom. The van der Waals surface area contributed by atoms with Gasteiger partial charge in [0, 0.05) is 12.2 Å². The highest BCUT2D eigenvalue weighted by Crippen LogP contribution is 2.33. The molecule has 0 aromatic heterocycles. The number of alkyl halides is 3. The fraction of sp³-hybridized carbons (Fsp3) is 0.455. The molecule has 19 heavy (non-hydrogen) atoms. The minimum absolute atomic E-state index is 0.0299. The smallest absolute Gasteiger partial charge is 0.329 e. The highest BCUT2D eigenvalue weighted by atomic mass is 32.2. The largest absolute Gasteiger partial charge is 0.416 e. The van der Waals surface area contributed by atoms with E-state index in [2.05, 4.69) is 4.72 Å². The maximum absolute atomic E-state index is 12.7. The Morgan fingerprint density at radius 1 is 1.37 bits per heavy atom. The molecule has 0 heterocycles. The molecule has 1 atom stereocenters. The fourth-order valence-corrected chi connectivity index (χ4v) is 2.29. The SMILES string of the molecule is Cc1ccc(NS(=O)(=O)C(C)CN)cc1C(F)(F)F. The maximum atomic E-state index is 12.7. The topological polar surface area (TPSA) is 72.2 Å². The van der Waals surface area contributed by atoms with Crippen molar-refractivity contribution < 1.29 is 21.6 Å². The van der Waals surface area contributed by atoms with E-state index in [9.17, 15) is 21.6 Å². The summed E-state index contributed by atoms with van der Waals surface area (Å²) >= 11 is 0. The predicted molar refractivity (Wildman–Crippen MR) is 67.2 cm³/mol. The summed E-state index contributed by atoms with van der Waals surface area (Å²) in [5, 5.41) is -0.886. The van der Waals surface area contributed by atoms with Crippen LogP contribution in [0.25, 0.3) is 0 Å². The highest BCUT2D eigenvalue weighted by molar-refractivity contribution is 7.93. The first kappa shape index (κ1) is 15.8. The van der Waals surface area contributed by atoms with Crippen LogP contribution in [0.4, 0.5) is 18.9 Å². The van der Waals surface area contributed by atoms with Crippen molar-refractivity contribution in [3.05, 3.63) is 29.3 Å². The van der Waals surface area contributed by atoms with Gasteiger partial charge in [0.1, 0.15) is 0 Å². The summed E-state index contributed by atoms with van der Waals surface area (Å²) in [4.78, 5) is 0. The van der Waals surface area contributed by atoms with E-state index in [0.717, 1.165) is 6.07 Å². The molecule has 0 fully saturated rings. The second-order valence-corrected chi connectivity index (χ2v) is 6.32. The Balaban J connectivity index is 3.12. The molecular formula is C11H15F3N2O2S. The van der Waals surface area contributed by atoms with E-state index < -0.39 is 27.0 Å². The van der Waals surface area contributed by atoms with Gasteiger partial charge in [0.2, 0.25) is 10.0 Å². The van der Waals surface area contributed by atoms with Crippen LogP contribution < -0.4 is 10.5 Å². The van der Waals surface area contributed by atoms with Gasteiger partial charge in [-0.05, 0) is 31.5 Å². The van der Waals surface area contributed by atoms with E-state index in [1.165, 1.54) is 26.0 Å². The molecule has 3 N–H and O–H groups in total. The van der Waals surface area contributed by atoms with Crippen LogP contribution in [-0.2, 0) is 16.2 Å². The molecular weight excluding hydrogens is 281 g/mol. The monoisotopic (exact) mass is 296 g/mol. The third kappa shape index (κ3) is 3.84. The first-order valence-electron chi connectivity index (χ1n) is 5.47. The normalized spacial score (nSPS) is 14.2. The van der Waals surface area contributed by atoms with Crippen LogP contribution in [0, 0.1) is 6.92 Å². The predicted octanol–water partition coefficient (Wildman–Crippen LogP) is 2.10. The molecule has 108 valence electrons. The summed E-state index contributed by atoms with van der Waals surface area (Å²) in [5.41, 5.74) is 4.27. The van der Waals surface area contributed by atoms with Crippen LogP contribution in [0.15, 0.2) is 18.2 Å². The molecule has 0 aliphatic rings. The minimum atomic E-state index is -4.52. The number of sulfonamides is 1. The van der Waals surface area contributed by atoms with E-state index >= 15 is 0 Å². The molecule has 0 spiro atoms. The van der Waals surface area contributed by atoms with E-state index in [1.807, 2.05) is 0 Å². The van der Waals surface area contributed by atoms with Gasteiger partial charge in [-0.2, -0.15) is 13.2 Å². The number of hydrogen-bond acceptors (Lipinski definition) is 3. The Bertz CT molecular complexity index is 556. The zero-order valence-electron chi connectivity index (χ0n) is 10.5. The van der Waals surface area contributed by atoms with Crippen molar-refractivity contribution in [1.82, 2.24) is 0 Å². The van der Waals surface area contributed by atoms with Gasteiger partial charge in [0.15, 0.2) is 0 Å². The molecule has 4 nitrogen and oxygen atoms in total. The summed E-state index contributed by atoms with van der Waals surface area (Å²) in [7, 11) is -3.78. The van der Waals surface area contributed by atoms with Gasteiger partial charge in [-0.15, -0.1) is 0 Å². The van der Waals surface area contributed by atoms with Crippen LogP contribution in [0.1, 0.15) is 18.1 Å². The molecule has 1 aromatic rings. The molecule has 0 bridgehead atoms. The van der Waals surface area contributed by atoms with Crippen molar-refractivity contribution in [2.75, 3.05) is 11.3 Å². The summed E-state index contributed by atoms with van der Waals surface area (Å²) in [6.45, 7) is 2.57. The van der Waals surface area contributed by atoms with Crippen LogP contribution in [0.5, 0.6) is 0 Å². The van der Waals surface area contributed by atoms with Gasteiger partial charge in [0.25, 0.3) is 0 Å². The number of aryl methyl sites for hydroxylation is 1. The lowest BCUT2D eigenvalue weighted by Crippen LogP contribution is -2.31. The van der Waals surface area contributed by atoms with Crippen molar-refractivity contribution >= 4 is 15.7 Å². The van der Waals surface area contributed by atoms with E-state index in [1.54, 1.807) is 0 Å². The molecule has 0 aliphatic heterocycles. The average molecular weight is 296 g/mol. The zero-order valence-corrected chi connectivity index (χ0v) is 11.3. The lowest BCUT2D eigenvalue weighted by Gasteiger charge is -2.15. The summed E-state index contributed by atoms with van der Waals surface area (Å²) in [5.74, 6) is 0. The second-order valence-electron chi connectivity index (χ2n) is 4.22. The third-order valence-electron chi connectivity index (χ3n) is 2.66. The molecule has 1 aromatic carbocycles. The molecule has 1 rings (SSSR count). The molecule has 1 unspecified atom stereocenters. The quantitative estimate of drug-likeness (QED) is 0.893. The van der Waals surface area contributed by atoms with E-state index in [0.29, 0.717) is 0 Å². The minimum Gasteiger partial charge on any atom is -0.329 e. The number of benzene rings is 1. The summed E-state index contributed by atoms with van der Waals surface area (Å²) in [6, 6.07) is 3.27. The molecule has 0 saturated carbocycles. The van der Waals surface area contributed by atoms with Crippen molar-refractivity contribution in [1.29, 1.82) is 0 Å². The first-order chi connectivity index (χ1) is 8.58. The van der Waals surface area contributed by atoms with Gasteiger partial charge in [-0.1, -0.05) is 6.07 Å². The van der Waals surface area contributed by atoms with Gasteiger partial charge in [0.05, 0.1) is 10.8 Å². The Labute approximate surface area is 109 Å². The van der Waals surface area contributed by atoms with E-state index in [-0.39, 0.29) is 17.8 Å². The highest BCUT2D eigenvalue weighted by Gasteiger charge is 2.33. The lowest BCUT2D eigenvalue weighted by molar-refractivity contribution is -0.138. The lowest BCUT2D eigenvalue weighted by atomic mass is 10.1. The maximum Gasteiger partial charge on any atom is 0.416 e. The first-order valence-corrected chi connectivity index (χ1v) is 7.02. The van der Waals surface area contributed by atoms with Crippen molar-refractivity contribution in [2.45, 2.75) is 25.3 Å². The fourth-order valence-electron chi connectivity index (χ4n) is 1.38. The average Bonchev–Trinajstić information content (AvgIpc) is 2.28. The van der Waals surface area contributed by atoms with Crippen molar-refractivity contribution in [3.63, 3.8) is 0 Å². The number of nitrogens with one attached hydrogen (secondary N) is 1. The van der Waals surface area contributed by atoms with Gasteiger partial charge in [-0.3, -0.25) is 4.72 Å². The van der Waals surface area contributed by atoms with E-state index in [4.69, 9.17) is 5.73 Å². The number of hydrogen-bond donors (Lipinski definition) is 2. The Hall–Kier alpha value is -1.28. The van der Waals surface area contributed by atoms with Crippen molar-refractivity contribution in [3.8, 4) is 0 Å². The summed E-state index contributed by atoms with van der Waals surface area (Å²) in [6.07, 6.45) is -4.52. The van der Waals surface area contributed by atoms with Crippen molar-refractivity contribution in [2.24, 2.45) is 5.73 Å². The Morgan fingerprint density at radius 2 is 1.95 bits per heavy atom. The molecule has 0 aliphatic carbocycles. The Kier molecular flexibility index (Phi) is 4.46. The van der Waals surface area contributed by atoms with Crippen LogP contribution >= 0.6 is 0 Å². The van der Waals surface area contributed by atoms with Crippen LogP contribution in [0.2, 0.25) is 0 Å². The molecule has 0 radical (unpaired) electrons.